The maximum absolute atomic E-state index is 10.9. The number of fused-ring (bicyclic) bond motifs is 1. The standard InChI is InChI=1S/C16H18O2S/c1-11(2)9-19-10-12-3-4-14-8-15(16(17)18)6-5-13(14)7-12/h3-8,11H,9-10H2,1-2H3,(H,17,18). The Balaban J connectivity index is 2.17. The summed E-state index contributed by atoms with van der Waals surface area (Å²) >= 11 is 1.94. The highest BCUT2D eigenvalue weighted by Crippen LogP contribution is 2.21. The molecule has 0 atom stereocenters. The SMILES string of the molecule is CC(C)CSCc1ccc2cc(C(=O)O)ccc2c1. The Bertz CT molecular complexity index is 590. The van der Waals surface area contributed by atoms with Crippen LogP contribution in [0.4, 0.5) is 0 Å². The number of rotatable bonds is 5. The van der Waals surface area contributed by atoms with Gasteiger partial charge in [-0.15, -0.1) is 0 Å². The van der Waals surface area contributed by atoms with Crippen molar-refractivity contribution in [1.29, 1.82) is 0 Å². The summed E-state index contributed by atoms with van der Waals surface area (Å²) in [4.78, 5) is 10.9. The van der Waals surface area contributed by atoms with Gasteiger partial charge < -0.3 is 5.11 Å². The summed E-state index contributed by atoms with van der Waals surface area (Å²) in [6.45, 7) is 4.45. The Labute approximate surface area is 117 Å². The molecule has 0 aliphatic rings. The highest BCUT2D eigenvalue weighted by Gasteiger charge is 2.04. The van der Waals surface area contributed by atoms with Crippen molar-refractivity contribution in [3.05, 3.63) is 47.5 Å². The third-order valence-electron chi connectivity index (χ3n) is 2.87. The van der Waals surface area contributed by atoms with E-state index in [1.165, 1.54) is 5.56 Å². The number of benzene rings is 2. The summed E-state index contributed by atoms with van der Waals surface area (Å²) in [5.74, 6) is 2.01. The molecule has 0 heterocycles. The van der Waals surface area contributed by atoms with E-state index in [-0.39, 0.29) is 0 Å². The first-order valence-electron chi connectivity index (χ1n) is 6.40. The van der Waals surface area contributed by atoms with Gasteiger partial charge in [-0.25, -0.2) is 4.79 Å². The summed E-state index contributed by atoms with van der Waals surface area (Å²) in [5, 5.41) is 11.1. The number of aromatic carboxylic acids is 1. The van der Waals surface area contributed by atoms with Crippen LogP contribution >= 0.6 is 11.8 Å². The van der Waals surface area contributed by atoms with Gasteiger partial charge in [-0.3, -0.25) is 0 Å². The highest BCUT2D eigenvalue weighted by molar-refractivity contribution is 7.98. The lowest BCUT2D eigenvalue weighted by molar-refractivity contribution is 0.0697. The van der Waals surface area contributed by atoms with E-state index < -0.39 is 5.97 Å². The molecule has 1 N–H and O–H groups in total. The van der Waals surface area contributed by atoms with Crippen LogP contribution in [0, 0.1) is 5.92 Å². The number of carboxylic acids is 1. The molecule has 19 heavy (non-hydrogen) atoms. The molecule has 0 bridgehead atoms. The lowest BCUT2D eigenvalue weighted by atomic mass is 10.0. The number of hydrogen-bond donors (Lipinski definition) is 1. The van der Waals surface area contributed by atoms with Gasteiger partial charge >= 0.3 is 5.97 Å². The van der Waals surface area contributed by atoms with Crippen molar-refractivity contribution in [2.24, 2.45) is 5.92 Å². The molecule has 0 aliphatic carbocycles. The average Bonchev–Trinajstić information content (AvgIpc) is 2.37. The molecule has 0 aliphatic heterocycles. The quantitative estimate of drug-likeness (QED) is 0.876. The van der Waals surface area contributed by atoms with Crippen LogP contribution in [0.3, 0.4) is 0 Å². The fraction of sp³-hybridized carbons (Fsp3) is 0.312. The largest absolute Gasteiger partial charge is 0.478 e. The zero-order chi connectivity index (χ0) is 13.8. The number of hydrogen-bond acceptors (Lipinski definition) is 2. The predicted molar refractivity (Wildman–Crippen MR) is 81.9 cm³/mol. The number of carboxylic acid groups (broad SMARTS) is 1. The first-order chi connectivity index (χ1) is 9.06. The topological polar surface area (TPSA) is 37.3 Å². The van der Waals surface area contributed by atoms with Crippen LogP contribution in [0.5, 0.6) is 0 Å². The minimum absolute atomic E-state index is 0.342. The second-order valence-corrected chi connectivity index (χ2v) is 6.14. The Kier molecular flexibility index (Phi) is 4.48. The Hall–Kier alpha value is -1.48. The van der Waals surface area contributed by atoms with Crippen molar-refractivity contribution in [3.63, 3.8) is 0 Å². The molecule has 3 heteroatoms. The first kappa shape index (κ1) is 13.9. The van der Waals surface area contributed by atoms with Gasteiger partial charge in [-0.1, -0.05) is 38.1 Å². The third kappa shape index (κ3) is 3.74. The molecule has 2 rings (SSSR count). The van der Waals surface area contributed by atoms with E-state index >= 15 is 0 Å². The highest BCUT2D eigenvalue weighted by atomic mass is 32.2. The van der Waals surface area contributed by atoms with E-state index in [1.807, 2.05) is 23.9 Å². The maximum Gasteiger partial charge on any atom is 0.335 e. The minimum Gasteiger partial charge on any atom is -0.478 e. The minimum atomic E-state index is -0.876. The van der Waals surface area contributed by atoms with E-state index in [9.17, 15) is 4.79 Å². The molecule has 0 radical (unpaired) electrons. The van der Waals surface area contributed by atoms with Crippen LogP contribution in [0.15, 0.2) is 36.4 Å². The van der Waals surface area contributed by atoms with E-state index in [2.05, 4.69) is 26.0 Å². The zero-order valence-electron chi connectivity index (χ0n) is 11.2. The molecule has 0 unspecified atom stereocenters. The summed E-state index contributed by atoms with van der Waals surface area (Å²) in [6.07, 6.45) is 0. The van der Waals surface area contributed by atoms with Crippen molar-refractivity contribution in [2.75, 3.05) is 5.75 Å². The van der Waals surface area contributed by atoms with E-state index in [4.69, 9.17) is 5.11 Å². The maximum atomic E-state index is 10.9. The Morgan fingerprint density at radius 2 is 1.84 bits per heavy atom. The second-order valence-electron chi connectivity index (χ2n) is 5.11. The van der Waals surface area contributed by atoms with Gasteiger partial charge in [-0.2, -0.15) is 11.8 Å². The molecule has 2 aromatic carbocycles. The average molecular weight is 274 g/mol. The molecule has 0 aromatic heterocycles. The summed E-state index contributed by atoms with van der Waals surface area (Å²) in [6, 6.07) is 11.5. The molecule has 2 nitrogen and oxygen atoms in total. The van der Waals surface area contributed by atoms with E-state index in [0.717, 1.165) is 22.3 Å². The fourth-order valence-electron chi connectivity index (χ4n) is 1.93. The normalized spacial score (nSPS) is 11.1. The molecule has 0 fully saturated rings. The van der Waals surface area contributed by atoms with Crippen LogP contribution in [0.2, 0.25) is 0 Å². The van der Waals surface area contributed by atoms with Crippen LogP contribution in [0.1, 0.15) is 29.8 Å². The van der Waals surface area contributed by atoms with Gasteiger partial charge in [0.15, 0.2) is 0 Å². The molecule has 0 saturated heterocycles. The van der Waals surface area contributed by atoms with Crippen molar-refractivity contribution < 1.29 is 9.90 Å². The molecule has 0 spiro atoms. The molecule has 100 valence electrons. The van der Waals surface area contributed by atoms with Crippen LogP contribution in [0.25, 0.3) is 10.8 Å². The lowest BCUT2D eigenvalue weighted by Gasteiger charge is -2.06. The van der Waals surface area contributed by atoms with Gasteiger partial charge in [0.05, 0.1) is 5.56 Å². The van der Waals surface area contributed by atoms with Gasteiger partial charge in [-0.05, 0) is 40.1 Å². The van der Waals surface area contributed by atoms with Gasteiger partial charge in [0, 0.05) is 5.75 Å². The van der Waals surface area contributed by atoms with E-state index in [1.54, 1.807) is 12.1 Å². The number of thioether (sulfide) groups is 1. The molecular weight excluding hydrogens is 256 g/mol. The van der Waals surface area contributed by atoms with Crippen molar-refractivity contribution >= 4 is 28.5 Å². The van der Waals surface area contributed by atoms with Crippen molar-refractivity contribution in [2.45, 2.75) is 19.6 Å². The Morgan fingerprint density at radius 3 is 2.53 bits per heavy atom. The van der Waals surface area contributed by atoms with Crippen LogP contribution < -0.4 is 0 Å². The zero-order valence-corrected chi connectivity index (χ0v) is 12.0. The van der Waals surface area contributed by atoms with Gasteiger partial charge in [0.25, 0.3) is 0 Å². The van der Waals surface area contributed by atoms with Crippen LogP contribution in [-0.4, -0.2) is 16.8 Å². The molecular formula is C16H18O2S. The molecule has 2 aromatic rings. The van der Waals surface area contributed by atoms with Crippen LogP contribution in [-0.2, 0) is 5.75 Å². The second kappa shape index (κ2) is 6.11. The summed E-state index contributed by atoms with van der Waals surface area (Å²) < 4.78 is 0. The molecule has 0 amide bonds. The summed E-state index contributed by atoms with van der Waals surface area (Å²) in [7, 11) is 0. The van der Waals surface area contributed by atoms with E-state index in [0.29, 0.717) is 11.5 Å². The third-order valence-corrected chi connectivity index (χ3v) is 4.31. The van der Waals surface area contributed by atoms with Crippen molar-refractivity contribution in [1.82, 2.24) is 0 Å². The van der Waals surface area contributed by atoms with Crippen molar-refractivity contribution in [3.8, 4) is 0 Å². The Morgan fingerprint density at radius 1 is 1.16 bits per heavy atom. The fourth-order valence-corrected chi connectivity index (χ4v) is 2.94. The number of carbonyl (C=O) groups is 1. The van der Waals surface area contributed by atoms with Gasteiger partial charge in [0.1, 0.15) is 0 Å². The predicted octanol–water partition coefficient (Wildman–Crippen LogP) is 4.43. The first-order valence-corrected chi connectivity index (χ1v) is 7.55. The summed E-state index contributed by atoms with van der Waals surface area (Å²) in [5.41, 5.74) is 1.63. The smallest absolute Gasteiger partial charge is 0.335 e. The monoisotopic (exact) mass is 274 g/mol. The van der Waals surface area contributed by atoms with Gasteiger partial charge in [0.2, 0.25) is 0 Å². The molecule has 0 saturated carbocycles. The lowest BCUT2D eigenvalue weighted by Crippen LogP contribution is -1.95.